The normalized spacial score (nSPS) is 16.4. The molecule has 0 heteroatoms. The van der Waals surface area contributed by atoms with E-state index >= 15 is 0 Å². The monoisotopic (exact) mass is 550 g/mol. The first kappa shape index (κ1) is 28.5. The molecule has 0 nitrogen and oxygen atoms in total. The molecule has 0 aliphatic heterocycles. The third-order valence-electron chi connectivity index (χ3n) is 9.73. The van der Waals surface area contributed by atoms with Crippen LogP contribution in [0.5, 0.6) is 0 Å². The fourth-order valence-electron chi connectivity index (χ4n) is 7.25. The lowest BCUT2D eigenvalue weighted by Gasteiger charge is -2.36. The van der Waals surface area contributed by atoms with Crippen molar-refractivity contribution in [1.82, 2.24) is 0 Å². The van der Waals surface area contributed by atoms with Gasteiger partial charge in [-0.05, 0) is 92.3 Å². The molecule has 0 heterocycles. The van der Waals surface area contributed by atoms with Crippen molar-refractivity contribution in [2.45, 2.75) is 90.4 Å². The van der Waals surface area contributed by atoms with Crippen LogP contribution in [0.4, 0.5) is 0 Å². The van der Waals surface area contributed by atoms with E-state index in [9.17, 15) is 0 Å². The molecule has 0 saturated heterocycles. The maximum Gasteiger partial charge on any atom is 0.0215 e. The molecule has 214 valence electrons. The van der Waals surface area contributed by atoms with Gasteiger partial charge in [0.2, 0.25) is 0 Å². The molecular formula is C42H46. The summed E-state index contributed by atoms with van der Waals surface area (Å²) in [7, 11) is 0. The number of hydrogen-bond acceptors (Lipinski definition) is 0. The molecule has 0 amide bonds. The average Bonchev–Trinajstić information content (AvgIpc) is 3.55. The Morgan fingerprint density at radius 3 is 1.81 bits per heavy atom. The minimum atomic E-state index is -0.173. The molecule has 0 radical (unpaired) electrons. The fourth-order valence-corrected chi connectivity index (χ4v) is 7.25. The van der Waals surface area contributed by atoms with E-state index in [1.165, 1.54) is 55.6 Å². The number of benzene rings is 4. The minimum absolute atomic E-state index is 0.0115. The largest absolute Gasteiger partial charge is 0.0730 e. The highest BCUT2D eigenvalue weighted by Crippen LogP contribution is 2.50. The molecule has 4 aromatic carbocycles. The SMILES string of the molecule is CC1=CC(c2c(C(C)(C)C)cc3c(c2CC(C)(c2ccccc2)c2ccccc2)Cc2ccc(C(C)(C)C)cc2-3)C=C1. The summed E-state index contributed by atoms with van der Waals surface area (Å²) in [4.78, 5) is 0. The van der Waals surface area contributed by atoms with E-state index in [-0.39, 0.29) is 16.2 Å². The van der Waals surface area contributed by atoms with Gasteiger partial charge in [0, 0.05) is 11.3 Å². The lowest BCUT2D eigenvalue weighted by molar-refractivity contribution is 0.551. The highest BCUT2D eigenvalue weighted by Gasteiger charge is 2.37. The first-order valence-electron chi connectivity index (χ1n) is 15.7. The summed E-state index contributed by atoms with van der Waals surface area (Å²) < 4.78 is 0. The molecule has 0 aromatic heterocycles. The maximum atomic E-state index is 2.57. The van der Waals surface area contributed by atoms with Gasteiger partial charge in [0.15, 0.2) is 0 Å². The van der Waals surface area contributed by atoms with Gasteiger partial charge < -0.3 is 0 Å². The lowest BCUT2D eigenvalue weighted by atomic mass is 9.67. The predicted octanol–water partition coefficient (Wildman–Crippen LogP) is 11.0. The molecule has 0 saturated carbocycles. The predicted molar refractivity (Wildman–Crippen MR) is 181 cm³/mol. The van der Waals surface area contributed by atoms with E-state index in [2.05, 4.69) is 159 Å². The Morgan fingerprint density at radius 2 is 1.29 bits per heavy atom. The Labute approximate surface area is 254 Å². The van der Waals surface area contributed by atoms with Crippen molar-refractivity contribution in [3.63, 3.8) is 0 Å². The zero-order chi connectivity index (χ0) is 29.9. The Balaban J connectivity index is 1.66. The van der Waals surface area contributed by atoms with Crippen LogP contribution in [0.3, 0.4) is 0 Å². The van der Waals surface area contributed by atoms with Crippen molar-refractivity contribution < 1.29 is 0 Å². The number of hydrogen-bond donors (Lipinski definition) is 0. The van der Waals surface area contributed by atoms with E-state index in [0.717, 1.165) is 12.8 Å². The van der Waals surface area contributed by atoms with Gasteiger partial charge in [0.1, 0.15) is 0 Å². The summed E-state index contributed by atoms with van der Waals surface area (Å²) >= 11 is 0. The molecule has 1 atom stereocenters. The fraction of sp³-hybridized carbons (Fsp3) is 0.333. The lowest BCUT2D eigenvalue weighted by Crippen LogP contribution is -2.29. The molecule has 6 rings (SSSR count). The Kier molecular flexibility index (Phi) is 6.96. The molecule has 2 aliphatic rings. The van der Waals surface area contributed by atoms with Crippen LogP contribution in [0.1, 0.15) is 106 Å². The zero-order valence-electron chi connectivity index (χ0n) is 26.8. The number of fused-ring (bicyclic) bond motifs is 3. The topological polar surface area (TPSA) is 0 Å². The van der Waals surface area contributed by atoms with Gasteiger partial charge in [-0.25, -0.2) is 0 Å². The number of allylic oxidation sites excluding steroid dienone is 4. The van der Waals surface area contributed by atoms with E-state index < -0.39 is 0 Å². The first-order valence-corrected chi connectivity index (χ1v) is 15.7. The van der Waals surface area contributed by atoms with Crippen molar-refractivity contribution >= 4 is 0 Å². The molecule has 2 aliphatic carbocycles. The van der Waals surface area contributed by atoms with Crippen LogP contribution in [0.2, 0.25) is 0 Å². The van der Waals surface area contributed by atoms with Crippen LogP contribution in [0, 0.1) is 0 Å². The van der Waals surface area contributed by atoms with Crippen molar-refractivity contribution in [2.24, 2.45) is 0 Å². The molecule has 42 heavy (non-hydrogen) atoms. The molecule has 0 bridgehead atoms. The second-order valence-electron chi connectivity index (χ2n) is 14.9. The average molecular weight is 551 g/mol. The van der Waals surface area contributed by atoms with Gasteiger partial charge in [-0.3, -0.25) is 0 Å². The van der Waals surface area contributed by atoms with Crippen molar-refractivity contribution in [3.05, 3.63) is 153 Å². The van der Waals surface area contributed by atoms with Crippen LogP contribution in [-0.2, 0) is 29.1 Å². The van der Waals surface area contributed by atoms with Gasteiger partial charge in [-0.1, -0.05) is 151 Å². The van der Waals surface area contributed by atoms with Crippen LogP contribution in [-0.4, -0.2) is 0 Å². The van der Waals surface area contributed by atoms with Gasteiger partial charge in [0.25, 0.3) is 0 Å². The smallest absolute Gasteiger partial charge is 0.0215 e. The maximum absolute atomic E-state index is 2.57. The van der Waals surface area contributed by atoms with Crippen molar-refractivity contribution in [2.75, 3.05) is 0 Å². The molecular weight excluding hydrogens is 504 g/mol. The minimum Gasteiger partial charge on any atom is -0.0730 e. The summed E-state index contributed by atoms with van der Waals surface area (Å²) in [6.45, 7) is 18.9. The quantitative estimate of drug-likeness (QED) is 0.204. The van der Waals surface area contributed by atoms with E-state index in [0.29, 0.717) is 5.92 Å². The van der Waals surface area contributed by atoms with Crippen LogP contribution < -0.4 is 0 Å². The van der Waals surface area contributed by atoms with Crippen LogP contribution >= 0.6 is 0 Å². The van der Waals surface area contributed by atoms with Crippen LogP contribution in [0.25, 0.3) is 11.1 Å². The third-order valence-corrected chi connectivity index (χ3v) is 9.73. The zero-order valence-corrected chi connectivity index (χ0v) is 26.8. The Hall–Kier alpha value is -3.64. The van der Waals surface area contributed by atoms with E-state index in [4.69, 9.17) is 0 Å². The van der Waals surface area contributed by atoms with Gasteiger partial charge >= 0.3 is 0 Å². The van der Waals surface area contributed by atoms with Gasteiger partial charge in [-0.15, -0.1) is 0 Å². The molecule has 0 fully saturated rings. The Morgan fingerprint density at radius 1 is 0.667 bits per heavy atom. The summed E-state index contributed by atoms with van der Waals surface area (Å²) in [6.07, 6.45) is 9.17. The first-order chi connectivity index (χ1) is 19.9. The highest BCUT2D eigenvalue weighted by molar-refractivity contribution is 5.81. The third kappa shape index (κ3) is 5.00. The Bertz CT molecular complexity index is 1640. The van der Waals surface area contributed by atoms with E-state index in [1.807, 2.05) is 0 Å². The second kappa shape index (κ2) is 10.3. The van der Waals surface area contributed by atoms with Crippen molar-refractivity contribution in [3.8, 4) is 11.1 Å². The number of rotatable bonds is 5. The molecule has 4 aromatic rings. The molecule has 0 spiro atoms. The van der Waals surface area contributed by atoms with E-state index in [1.54, 1.807) is 5.56 Å². The summed E-state index contributed by atoms with van der Waals surface area (Å²) in [6, 6.07) is 32.2. The second-order valence-corrected chi connectivity index (χ2v) is 14.9. The van der Waals surface area contributed by atoms with Crippen molar-refractivity contribution in [1.29, 1.82) is 0 Å². The van der Waals surface area contributed by atoms with Gasteiger partial charge in [-0.2, -0.15) is 0 Å². The molecule has 1 unspecified atom stereocenters. The van der Waals surface area contributed by atoms with Gasteiger partial charge in [0.05, 0.1) is 0 Å². The molecule has 0 N–H and O–H groups in total. The highest BCUT2D eigenvalue weighted by atomic mass is 14.4. The summed E-state index contributed by atoms with van der Waals surface area (Å²) in [5.41, 5.74) is 15.9. The summed E-state index contributed by atoms with van der Waals surface area (Å²) in [5, 5.41) is 0. The van der Waals surface area contributed by atoms with Crippen LogP contribution in [0.15, 0.2) is 109 Å². The standard InChI is InChI=1S/C42H46/c1-28-19-20-30(23-28)39-37(27-42(8,31-15-11-9-12-16-31)32-17-13-10-14-18-32)35-24-29-21-22-33(40(2,3)4)25-34(29)36(35)26-38(39)41(5,6)7/h9-23,25-26,30H,24,27H2,1-8H3. The summed E-state index contributed by atoms with van der Waals surface area (Å²) in [5.74, 6) is 0.296.